The highest BCUT2D eigenvalue weighted by Crippen LogP contribution is 2.10. The van der Waals surface area contributed by atoms with Gasteiger partial charge in [-0.2, -0.15) is 0 Å². The van der Waals surface area contributed by atoms with Crippen molar-refractivity contribution in [3.63, 3.8) is 0 Å². The van der Waals surface area contributed by atoms with Crippen molar-refractivity contribution in [2.75, 3.05) is 33.7 Å². The van der Waals surface area contributed by atoms with Crippen LogP contribution in [-0.4, -0.2) is 52.0 Å². The van der Waals surface area contributed by atoms with Crippen molar-refractivity contribution in [1.82, 2.24) is 19.9 Å². The van der Waals surface area contributed by atoms with E-state index in [2.05, 4.69) is 19.9 Å². The Labute approximate surface area is 122 Å². The lowest BCUT2D eigenvalue weighted by molar-refractivity contribution is 0.394. The Morgan fingerprint density at radius 3 is 2.70 bits per heavy atom. The van der Waals surface area contributed by atoms with Crippen molar-refractivity contribution in [3.05, 3.63) is 18.0 Å². The van der Waals surface area contributed by atoms with E-state index in [9.17, 15) is 8.42 Å². The molecule has 0 fully saturated rings. The average Bonchev–Trinajstić information content (AvgIpc) is 2.85. The lowest BCUT2D eigenvalue weighted by Crippen LogP contribution is -2.25. The summed E-state index contributed by atoms with van der Waals surface area (Å²) in [4.78, 5) is 5.37. The third-order valence-electron chi connectivity index (χ3n) is 2.92. The van der Waals surface area contributed by atoms with Crippen LogP contribution in [-0.2, 0) is 16.6 Å². The zero-order valence-electron chi connectivity index (χ0n) is 12.6. The summed E-state index contributed by atoms with van der Waals surface area (Å²) in [6.45, 7) is 4.96. The smallest absolute Gasteiger partial charge is 0.242 e. The number of aromatic nitrogens is 1. The predicted octanol–water partition coefficient (Wildman–Crippen LogP) is 0.744. The summed E-state index contributed by atoms with van der Waals surface area (Å²) >= 11 is 0. The molecule has 1 rings (SSSR count). The maximum atomic E-state index is 12.1. The van der Waals surface area contributed by atoms with Gasteiger partial charge in [-0.1, -0.05) is 6.92 Å². The molecular formula is C13H26N4O2S. The third kappa shape index (κ3) is 6.04. The summed E-state index contributed by atoms with van der Waals surface area (Å²) in [5, 5.41) is 3.15. The highest BCUT2D eigenvalue weighted by molar-refractivity contribution is 7.89. The number of aromatic amines is 1. The molecule has 0 aliphatic carbocycles. The summed E-state index contributed by atoms with van der Waals surface area (Å²) in [7, 11) is 0.632. The molecule has 1 heterocycles. The standard InChI is InChI=1S/C13H26N4O2S/c1-4-14-10-12-9-13(11-15-12)20(18,19)16-7-5-6-8-17(2)3/h9,11,14-16H,4-8,10H2,1-3H3. The van der Waals surface area contributed by atoms with Gasteiger partial charge in [-0.15, -0.1) is 0 Å². The molecule has 1 aromatic heterocycles. The van der Waals surface area contributed by atoms with Crippen LogP contribution in [0.4, 0.5) is 0 Å². The molecule has 0 atom stereocenters. The number of hydrogen-bond donors (Lipinski definition) is 3. The van der Waals surface area contributed by atoms with Crippen molar-refractivity contribution >= 4 is 10.0 Å². The zero-order chi connectivity index (χ0) is 15.0. The second-order valence-corrected chi connectivity index (χ2v) is 6.82. The normalized spacial score (nSPS) is 12.2. The first-order valence-corrected chi connectivity index (χ1v) is 8.46. The third-order valence-corrected chi connectivity index (χ3v) is 4.36. The van der Waals surface area contributed by atoms with E-state index in [1.165, 1.54) is 6.20 Å². The molecule has 0 amide bonds. The molecule has 0 saturated heterocycles. The number of nitrogens with zero attached hydrogens (tertiary/aromatic N) is 1. The van der Waals surface area contributed by atoms with Crippen LogP contribution in [0.5, 0.6) is 0 Å². The van der Waals surface area contributed by atoms with Crippen LogP contribution < -0.4 is 10.0 Å². The van der Waals surface area contributed by atoms with E-state index >= 15 is 0 Å². The maximum Gasteiger partial charge on any atom is 0.242 e. The second kappa shape index (κ2) is 8.41. The Morgan fingerprint density at radius 2 is 2.05 bits per heavy atom. The molecule has 3 N–H and O–H groups in total. The van der Waals surface area contributed by atoms with Gasteiger partial charge in [-0.25, -0.2) is 13.1 Å². The summed E-state index contributed by atoms with van der Waals surface area (Å²) in [5.74, 6) is 0. The molecule has 0 aliphatic rings. The van der Waals surface area contributed by atoms with Gasteiger partial charge in [0.05, 0.1) is 4.90 Å². The van der Waals surface area contributed by atoms with Gasteiger partial charge >= 0.3 is 0 Å². The molecular weight excluding hydrogens is 276 g/mol. The highest BCUT2D eigenvalue weighted by atomic mass is 32.2. The number of H-pyrrole nitrogens is 1. The molecule has 0 aromatic carbocycles. The van der Waals surface area contributed by atoms with Gasteiger partial charge < -0.3 is 15.2 Å². The molecule has 1 aromatic rings. The van der Waals surface area contributed by atoms with Gasteiger partial charge in [0.25, 0.3) is 0 Å². The first-order chi connectivity index (χ1) is 9.45. The van der Waals surface area contributed by atoms with E-state index in [0.29, 0.717) is 18.0 Å². The minimum atomic E-state index is -3.39. The van der Waals surface area contributed by atoms with E-state index in [0.717, 1.165) is 31.6 Å². The quantitative estimate of drug-likeness (QED) is 0.557. The lowest BCUT2D eigenvalue weighted by atomic mass is 10.3. The molecule has 20 heavy (non-hydrogen) atoms. The first-order valence-electron chi connectivity index (χ1n) is 6.98. The molecule has 116 valence electrons. The van der Waals surface area contributed by atoms with Crippen molar-refractivity contribution in [2.45, 2.75) is 31.2 Å². The van der Waals surface area contributed by atoms with Crippen LogP contribution in [0.3, 0.4) is 0 Å². The molecule has 0 spiro atoms. The number of nitrogens with one attached hydrogen (secondary N) is 3. The largest absolute Gasteiger partial charge is 0.363 e. The summed E-state index contributed by atoms with van der Waals surface area (Å²) in [6, 6.07) is 1.67. The predicted molar refractivity (Wildman–Crippen MR) is 81.1 cm³/mol. The summed E-state index contributed by atoms with van der Waals surface area (Å²) in [6.07, 6.45) is 3.36. The van der Waals surface area contributed by atoms with E-state index in [1.54, 1.807) is 6.07 Å². The fourth-order valence-electron chi connectivity index (χ4n) is 1.78. The van der Waals surface area contributed by atoms with Crippen LogP contribution in [0.1, 0.15) is 25.5 Å². The van der Waals surface area contributed by atoms with Crippen LogP contribution in [0, 0.1) is 0 Å². The topological polar surface area (TPSA) is 77.2 Å². The molecule has 6 nitrogen and oxygen atoms in total. The van der Waals surface area contributed by atoms with Crippen LogP contribution >= 0.6 is 0 Å². The average molecular weight is 302 g/mol. The van der Waals surface area contributed by atoms with Crippen LogP contribution in [0.15, 0.2) is 17.2 Å². The zero-order valence-corrected chi connectivity index (χ0v) is 13.4. The SMILES string of the molecule is CCNCc1cc(S(=O)(=O)NCCCCN(C)C)c[nH]1. The highest BCUT2D eigenvalue weighted by Gasteiger charge is 2.15. The molecule has 0 saturated carbocycles. The Kier molecular flexibility index (Phi) is 7.22. The minimum Gasteiger partial charge on any atom is -0.363 e. The fraction of sp³-hybridized carbons (Fsp3) is 0.692. The monoisotopic (exact) mass is 302 g/mol. The Hall–Kier alpha value is -0.890. The Morgan fingerprint density at radius 1 is 1.30 bits per heavy atom. The van der Waals surface area contributed by atoms with Crippen molar-refractivity contribution in [1.29, 1.82) is 0 Å². The summed E-state index contributed by atoms with van der Waals surface area (Å²) in [5.41, 5.74) is 0.875. The van der Waals surface area contributed by atoms with Gasteiger partial charge in [0.15, 0.2) is 0 Å². The molecule has 0 bridgehead atoms. The van der Waals surface area contributed by atoms with E-state index in [-0.39, 0.29) is 0 Å². The van der Waals surface area contributed by atoms with E-state index in [1.807, 2.05) is 21.0 Å². The number of rotatable bonds is 10. The van der Waals surface area contributed by atoms with Gasteiger partial charge in [0.1, 0.15) is 0 Å². The Bertz CT molecular complexity index is 482. The van der Waals surface area contributed by atoms with Gasteiger partial charge in [0, 0.05) is 25.0 Å². The van der Waals surface area contributed by atoms with E-state index in [4.69, 9.17) is 0 Å². The van der Waals surface area contributed by atoms with Crippen LogP contribution in [0.25, 0.3) is 0 Å². The molecule has 0 aliphatic heterocycles. The minimum absolute atomic E-state index is 0.304. The second-order valence-electron chi connectivity index (χ2n) is 5.05. The van der Waals surface area contributed by atoms with Crippen molar-refractivity contribution in [3.8, 4) is 0 Å². The van der Waals surface area contributed by atoms with Gasteiger partial charge in [-0.3, -0.25) is 0 Å². The van der Waals surface area contributed by atoms with Crippen molar-refractivity contribution in [2.24, 2.45) is 0 Å². The lowest BCUT2D eigenvalue weighted by Gasteiger charge is -2.09. The summed E-state index contributed by atoms with van der Waals surface area (Å²) < 4.78 is 26.7. The molecule has 0 radical (unpaired) electrons. The van der Waals surface area contributed by atoms with Crippen LogP contribution in [0.2, 0.25) is 0 Å². The fourth-order valence-corrected chi connectivity index (χ4v) is 2.87. The first kappa shape index (κ1) is 17.2. The molecule has 7 heteroatoms. The Balaban J connectivity index is 2.41. The van der Waals surface area contributed by atoms with E-state index < -0.39 is 10.0 Å². The van der Waals surface area contributed by atoms with Gasteiger partial charge in [-0.05, 0) is 46.1 Å². The van der Waals surface area contributed by atoms with Crippen molar-refractivity contribution < 1.29 is 8.42 Å². The number of unbranched alkanes of at least 4 members (excludes halogenated alkanes) is 1. The number of hydrogen-bond acceptors (Lipinski definition) is 4. The number of sulfonamides is 1. The van der Waals surface area contributed by atoms with Gasteiger partial charge in [0.2, 0.25) is 10.0 Å². The molecule has 0 unspecified atom stereocenters. The maximum absolute atomic E-state index is 12.1.